The van der Waals surface area contributed by atoms with Crippen molar-refractivity contribution in [2.45, 2.75) is 58.8 Å². The van der Waals surface area contributed by atoms with Crippen LogP contribution < -0.4 is 23.5 Å². The van der Waals surface area contributed by atoms with Crippen molar-refractivity contribution in [1.82, 2.24) is 0 Å². The largest absolute Gasteiger partial charge is 0.541 e. The van der Waals surface area contributed by atoms with E-state index in [0.717, 1.165) is 17.0 Å². The number of benzene rings is 2. The first-order valence-electron chi connectivity index (χ1n) is 11.2. The van der Waals surface area contributed by atoms with E-state index in [4.69, 9.17) is 18.6 Å². The van der Waals surface area contributed by atoms with E-state index in [0.29, 0.717) is 17.2 Å². The Morgan fingerprint density at radius 2 is 1.45 bits per heavy atom. The molecule has 1 heterocycles. The van der Waals surface area contributed by atoms with Gasteiger partial charge >= 0.3 is 0 Å². The van der Waals surface area contributed by atoms with E-state index in [1.54, 1.807) is 27.4 Å². The number of carbonyl (C=O) groups excluding carboxylic acids is 1. The van der Waals surface area contributed by atoms with Crippen molar-refractivity contribution < 1.29 is 23.4 Å². The zero-order valence-corrected chi connectivity index (χ0v) is 22.5. The second-order valence-electron chi connectivity index (χ2n) is 10.6. The summed E-state index contributed by atoms with van der Waals surface area (Å²) in [6.45, 7) is 15.0. The predicted octanol–water partition coefficient (Wildman–Crippen LogP) is 6.21. The van der Waals surface area contributed by atoms with Gasteiger partial charge in [-0.05, 0) is 49.7 Å². The fourth-order valence-corrected chi connectivity index (χ4v) is 4.95. The minimum absolute atomic E-state index is 0.0445. The van der Waals surface area contributed by atoms with E-state index < -0.39 is 13.7 Å². The van der Waals surface area contributed by atoms with E-state index >= 15 is 0 Å². The van der Waals surface area contributed by atoms with Gasteiger partial charge in [-0.25, -0.2) is 0 Å². The molecule has 6 nitrogen and oxygen atoms in total. The Labute approximate surface area is 198 Å². The summed E-state index contributed by atoms with van der Waals surface area (Å²) in [7, 11) is 2.77. The molecule has 7 heteroatoms. The Kier molecular flexibility index (Phi) is 6.50. The summed E-state index contributed by atoms with van der Waals surface area (Å²) in [5, 5.41) is 0.0445. The standard InChI is InChI=1S/C26H37NO5Si/c1-25(2,3)33(9,10)32-22-13-17(11-12-21(22)31-8)23-26(4,5)24(28)27(23)18-14-19(29-6)16-20(15-18)30-7/h11-16,23H,1-10H3/t23-/m0/s1. The van der Waals surface area contributed by atoms with Crippen molar-refractivity contribution in [3.63, 3.8) is 0 Å². The zero-order chi connectivity index (χ0) is 24.8. The Balaban J connectivity index is 2.08. The van der Waals surface area contributed by atoms with Crippen LogP contribution in [0.1, 0.15) is 46.2 Å². The summed E-state index contributed by atoms with van der Waals surface area (Å²) >= 11 is 0. The first kappa shape index (κ1) is 25.0. The normalized spacial score (nSPS) is 17.9. The topological polar surface area (TPSA) is 57.2 Å². The monoisotopic (exact) mass is 471 g/mol. The quantitative estimate of drug-likeness (QED) is 0.355. The van der Waals surface area contributed by atoms with Gasteiger partial charge in [-0.3, -0.25) is 4.79 Å². The first-order valence-corrected chi connectivity index (χ1v) is 14.1. The van der Waals surface area contributed by atoms with Gasteiger partial charge in [0.25, 0.3) is 8.32 Å². The summed E-state index contributed by atoms with van der Waals surface area (Å²) in [6, 6.07) is 11.3. The van der Waals surface area contributed by atoms with E-state index in [-0.39, 0.29) is 17.0 Å². The predicted molar refractivity (Wildman–Crippen MR) is 134 cm³/mol. The van der Waals surface area contributed by atoms with Crippen LogP contribution in [0.5, 0.6) is 23.0 Å². The van der Waals surface area contributed by atoms with Gasteiger partial charge in [0.15, 0.2) is 5.75 Å². The number of amides is 1. The lowest BCUT2D eigenvalue weighted by molar-refractivity contribution is -0.137. The highest BCUT2D eigenvalue weighted by Crippen LogP contribution is 2.53. The Bertz CT molecular complexity index is 1020. The Morgan fingerprint density at radius 3 is 1.94 bits per heavy atom. The molecule has 1 atom stereocenters. The number of ether oxygens (including phenoxy) is 3. The summed E-state index contributed by atoms with van der Waals surface area (Å²) in [4.78, 5) is 15.0. The van der Waals surface area contributed by atoms with Crippen LogP contribution in [0.4, 0.5) is 5.69 Å². The van der Waals surface area contributed by atoms with E-state index in [1.165, 1.54) is 0 Å². The molecule has 0 bridgehead atoms. The van der Waals surface area contributed by atoms with E-state index in [9.17, 15) is 4.79 Å². The van der Waals surface area contributed by atoms with Gasteiger partial charge < -0.3 is 23.5 Å². The van der Waals surface area contributed by atoms with Crippen LogP contribution in [-0.2, 0) is 4.79 Å². The molecular weight excluding hydrogens is 434 g/mol. The number of carbonyl (C=O) groups is 1. The third-order valence-corrected chi connectivity index (χ3v) is 11.3. The number of methoxy groups -OCH3 is 3. The molecule has 0 aromatic heterocycles. The van der Waals surface area contributed by atoms with Crippen LogP contribution in [0.3, 0.4) is 0 Å². The molecule has 1 fully saturated rings. The lowest BCUT2D eigenvalue weighted by Gasteiger charge is -2.53. The molecule has 1 saturated heterocycles. The van der Waals surface area contributed by atoms with Crippen molar-refractivity contribution in [3.05, 3.63) is 42.0 Å². The van der Waals surface area contributed by atoms with Gasteiger partial charge in [0, 0.05) is 18.2 Å². The van der Waals surface area contributed by atoms with Crippen LogP contribution in [0.2, 0.25) is 18.1 Å². The molecule has 1 aliphatic rings. The SMILES string of the molecule is COc1cc(OC)cc(N2C(=O)C(C)(C)[C@@H]2c2ccc(OC)c(O[Si](C)(C)C(C)(C)C)c2)c1. The molecule has 1 aliphatic heterocycles. The molecule has 0 saturated carbocycles. The van der Waals surface area contributed by atoms with Crippen LogP contribution in [0, 0.1) is 5.41 Å². The van der Waals surface area contributed by atoms with Crippen LogP contribution in [-0.4, -0.2) is 35.6 Å². The number of β-lactam (4-membered cyclic amide) rings is 1. The minimum atomic E-state index is -2.09. The molecule has 1 amide bonds. The second kappa shape index (κ2) is 8.59. The van der Waals surface area contributed by atoms with Gasteiger partial charge in [-0.15, -0.1) is 0 Å². The van der Waals surface area contributed by atoms with Gasteiger partial charge in [-0.1, -0.05) is 26.8 Å². The summed E-state index contributed by atoms with van der Waals surface area (Å²) < 4.78 is 23.1. The molecule has 0 aliphatic carbocycles. The minimum Gasteiger partial charge on any atom is -0.541 e. The fraction of sp³-hybridized carbons (Fsp3) is 0.500. The maximum absolute atomic E-state index is 13.2. The maximum Gasteiger partial charge on any atom is 0.250 e. The Morgan fingerprint density at radius 1 is 0.879 bits per heavy atom. The second-order valence-corrected chi connectivity index (χ2v) is 15.4. The van der Waals surface area contributed by atoms with Crippen LogP contribution >= 0.6 is 0 Å². The highest BCUT2D eigenvalue weighted by molar-refractivity contribution is 6.74. The average Bonchev–Trinajstić information content (AvgIpc) is 2.75. The van der Waals surface area contributed by atoms with E-state index in [1.807, 2.05) is 49.1 Å². The van der Waals surface area contributed by atoms with Crippen LogP contribution in [0.15, 0.2) is 36.4 Å². The molecular formula is C26H37NO5Si. The maximum atomic E-state index is 13.2. The van der Waals surface area contributed by atoms with Crippen molar-refractivity contribution in [2.24, 2.45) is 5.41 Å². The summed E-state index contributed by atoms with van der Waals surface area (Å²) in [5.41, 5.74) is 1.16. The Hall–Kier alpha value is -2.67. The first-order chi connectivity index (χ1) is 15.3. The average molecular weight is 472 g/mol. The van der Waals surface area contributed by atoms with Gasteiger partial charge in [0.2, 0.25) is 5.91 Å². The molecule has 2 aromatic carbocycles. The third-order valence-electron chi connectivity index (χ3n) is 7.00. The van der Waals surface area contributed by atoms with E-state index in [2.05, 4.69) is 33.9 Å². The lowest BCUT2D eigenvalue weighted by Crippen LogP contribution is -2.61. The van der Waals surface area contributed by atoms with Gasteiger partial charge in [0.05, 0.1) is 38.5 Å². The summed E-state index contributed by atoms with van der Waals surface area (Å²) in [5.74, 6) is 2.74. The van der Waals surface area contributed by atoms with Crippen molar-refractivity contribution in [1.29, 1.82) is 0 Å². The van der Waals surface area contributed by atoms with Crippen LogP contribution in [0.25, 0.3) is 0 Å². The van der Waals surface area contributed by atoms with Gasteiger partial charge in [0.1, 0.15) is 17.2 Å². The molecule has 33 heavy (non-hydrogen) atoms. The number of anilines is 1. The summed E-state index contributed by atoms with van der Waals surface area (Å²) in [6.07, 6.45) is 0. The number of hydrogen-bond donors (Lipinski definition) is 0. The molecule has 0 unspecified atom stereocenters. The molecule has 180 valence electrons. The van der Waals surface area contributed by atoms with Gasteiger partial charge in [-0.2, -0.15) is 0 Å². The van der Waals surface area contributed by atoms with Crippen molar-refractivity contribution in [3.8, 4) is 23.0 Å². The zero-order valence-electron chi connectivity index (χ0n) is 21.5. The number of hydrogen-bond acceptors (Lipinski definition) is 5. The smallest absolute Gasteiger partial charge is 0.250 e. The molecule has 0 spiro atoms. The molecule has 2 aromatic rings. The third kappa shape index (κ3) is 4.43. The fourth-order valence-electron chi connectivity index (χ4n) is 3.94. The van der Waals surface area contributed by atoms with Crippen molar-refractivity contribution in [2.75, 3.05) is 26.2 Å². The highest BCUT2D eigenvalue weighted by atomic mass is 28.4. The number of rotatable bonds is 7. The highest BCUT2D eigenvalue weighted by Gasteiger charge is 2.55. The van der Waals surface area contributed by atoms with Crippen molar-refractivity contribution >= 4 is 19.9 Å². The number of nitrogens with zero attached hydrogens (tertiary/aromatic N) is 1. The molecule has 0 N–H and O–H groups in total. The molecule has 0 radical (unpaired) electrons. The lowest BCUT2D eigenvalue weighted by atomic mass is 9.70. The molecule has 3 rings (SSSR count).